The summed E-state index contributed by atoms with van der Waals surface area (Å²) in [6.45, 7) is 0. The van der Waals surface area contributed by atoms with Gasteiger partial charge in [0.05, 0.1) is 10.2 Å². The van der Waals surface area contributed by atoms with Crippen molar-refractivity contribution in [2.45, 2.75) is 19.0 Å². The molecule has 1 aromatic rings. The lowest BCUT2D eigenvalue weighted by Gasteiger charge is -2.09. The normalized spacial score (nSPS) is 12.4. The van der Waals surface area contributed by atoms with Gasteiger partial charge in [0.1, 0.15) is 0 Å². The standard InChI is InChI=1S/C9H10BrF3N2O2S/c10-7-3-1-5-14-8(7)15-18(16,17)6-2-4-9(11,12)13/h1,3,5H,2,4,6H2,(H,14,15). The molecular weight excluding hydrogens is 337 g/mol. The molecule has 0 fully saturated rings. The van der Waals surface area contributed by atoms with E-state index in [1.165, 1.54) is 6.20 Å². The summed E-state index contributed by atoms with van der Waals surface area (Å²) >= 11 is 3.08. The summed E-state index contributed by atoms with van der Waals surface area (Å²) in [6.07, 6.45) is -4.58. The average molecular weight is 347 g/mol. The topological polar surface area (TPSA) is 59.1 Å². The molecule has 1 aromatic heterocycles. The number of anilines is 1. The number of halogens is 4. The molecule has 0 saturated carbocycles. The Bertz CT molecular complexity index is 505. The Kier molecular flexibility index (Phi) is 4.97. The molecular formula is C9H10BrF3N2O2S. The van der Waals surface area contributed by atoms with Crippen LogP contribution in [-0.4, -0.2) is 25.3 Å². The maximum Gasteiger partial charge on any atom is 0.389 e. The lowest BCUT2D eigenvalue weighted by atomic mass is 10.3. The Balaban J connectivity index is 2.58. The van der Waals surface area contributed by atoms with E-state index in [1.807, 2.05) is 0 Å². The Hall–Kier alpha value is -0.830. The summed E-state index contributed by atoms with van der Waals surface area (Å²) in [4.78, 5) is 3.76. The van der Waals surface area contributed by atoms with Gasteiger partial charge in [0.15, 0.2) is 5.82 Å². The summed E-state index contributed by atoms with van der Waals surface area (Å²) in [5, 5.41) is 0. The first-order valence-electron chi connectivity index (χ1n) is 4.87. The van der Waals surface area contributed by atoms with Crippen LogP contribution in [0.5, 0.6) is 0 Å². The predicted molar refractivity (Wildman–Crippen MR) is 64.6 cm³/mol. The van der Waals surface area contributed by atoms with Crippen LogP contribution in [0.4, 0.5) is 19.0 Å². The van der Waals surface area contributed by atoms with Crippen molar-refractivity contribution in [1.82, 2.24) is 4.98 Å². The van der Waals surface area contributed by atoms with Crippen LogP contribution < -0.4 is 4.72 Å². The third-order valence-electron chi connectivity index (χ3n) is 1.88. The number of sulfonamides is 1. The van der Waals surface area contributed by atoms with Gasteiger partial charge in [0.25, 0.3) is 0 Å². The number of alkyl halides is 3. The van der Waals surface area contributed by atoms with Gasteiger partial charge in [-0.05, 0) is 34.5 Å². The van der Waals surface area contributed by atoms with Crippen LogP contribution in [0.25, 0.3) is 0 Å². The summed E-state index contributed by atoms with van der Waals surface area (Å²) in [6, 6.07) is 3.16. The first-order chi connectivity index (χ1) is 8.20. The van der Waals surface area contributed by atoms with E-state index < -0.39 is 34.8 Å². The quantitative estimate of drug-likeness (QED) is 0.891. The van der Waals surface area contributed by atoms with Gasteiger partial charge >= 0.3 is 6.18 Å². The van der Waals surface area contributed by atoms with Crippen LogP contribution in [0.2, 0.25) is 0 Å². The first kappa shape index (κ1) is 15.2. The SMILES string of the molecule is O=S(=O)(CCCC(F)(F)F)Nc1ncccc1Br. The van der Waals surface area contributed by atoms with Crippen molar-refractivity contribution in [2.24, 2.45) is 0 Å². The van der Waals surface area contributed by atoms with Crippen LogP contribution in [0.3, 0.4) is 0 Å². The van der Waals surface area contributed by atoms with Gasteiger partial charge < -0.3 is 0 Å². The zero-order valence-electron chi connectivity index (χ0n) is 9.04. The fourth-order valence-electron chi connectivity index (χ4n) is 1.12. The first-order valence-corrected chi connectivity index (χ1v) is 7.32. The van der Waals surface area contributed by atoms with Gasteiger partial charge in [-0.15, -0.1) is 0 Å². The average Bonchev–Trinajstić information content (AvgIpc) is 2.18. The number of hydrogen-bond acceptors (Lipinski definition) is 3. The van der Waals surface area contributed by atoms with Crippen LogP contribution >= 0.6 is 15.9 Å². The molecule has 0 atom stereocenters. The minimum absolute atomic E-state index is 0.0597. The number of rotatable bonds is 5. The molecule has 18 heavy (non-hydrogen) atoms. The molecule has 0 amide bonds. The van der Waals surface area contributed by atoms with Gasteiger partial charge in [-0.25, -0.2) is 13.4 Å². The van der Waals surface area contributed by atoms with Gasteiger partial charge in [-0.1, -0.05) is 0 Å². The van der Waals surface area contributed by atoms with E-state index >= 15 is 0 Å². The van der Waals surface area contributed by atoms with Crippen LogP contribution in [0, 0.1) is 0 Å². The van der Waals surface area contributed by atoms with Crippen LogP contribution in [0.15, 0.2) is 22.8 Å². The van der Waals surface area contributed by atoms with Crippen molar-refractivity contribution in [3.8, 4) is 0 Å². The monoisotopic (exact) mass is 346 g/mol. The summed E-state index contributed by atoms with van der Waals surface area (Å²) in [5.74, 6) is -0.542. The van der Waals surface area contributed by atoms with Crippen molar-refractivity contribution in [1.29, 1.82) is 0 Å². The summed E-state index contributed by atoms with van der Waals surface area (Å²) < 4.78 is 61.2. The predicted octanol–water partition coefficient (Wildman–Crippen LogP) is 2.93. The summed E-state index contributed by atoms with van der Waals surface area (Å²) in [5.41, 5.74) is 0. The van der Waals surface area contributed by atoms with E-state index in [0.717, 1.165) is 0 Å². The minimum atomic E-state index is -4.35. The number of pyridine rings is 1. The highest BCUT2D eigenvalue weighted by atomic mass is 79.9. The molecule has 102 valence electrons. The molecule has 0 aromatic carbocycles. The van der Waals surface area contributed by atoms with E-state index in [-0.39, 0.29) is 5.82 Å². The molecule has 1 heterocycles. The number of hydrogen-bond donors (Lipinski definition) is 1. The Morgan fingerprint density at radius 3 is 2.61 bits per heavy atom. The number of nitrogens with one attached hydrogen (secondary N) is 1. The third kappa shape index (κ3) is 5.67. The zero-order chi connectivity index (χ0) is 13.8. The van der Waals surface area contributed by atoms with Gasteiger partial charge in [0.2, 0.25) is 10.0 Å². The highest BCUT2D eigenvalue weighted by Gasteiger charge is 2.27. The minimum Gasteiger partial charge on any atom is -0.266 e. The van der Waals surface area contributed by atoms with Gasteiger partial charge in [-0.3, -0.25) is 4.72 Å². The van der Waals surface area contributed by atoms with Crippen molar-refractivity contribution in [3.05, 3.63) is 22.8 Å². The van der Waals surface area contributed by atoms with E-state index in [2.05, 4.69) is 25.6 Å². The Morgan fingerprint density at radius 1 is 1.39 bits per heavy atom. The second kappa shape index (κ2) is 5.87. The van der Waals surface area contributed by atoms with Crippen molar-refractivity contribution < 1.29 is 21.6 Å². The molecule has 0 radical (unpaired) electrons. The van der Waals surface area contributed by atoms with E-state index in [0.29, 0.717) is 4.47 Å². The fourth-order valence-corrected chi connectivity index (χ4v) is 2.69. The highest BCUT2D eigenvalue weighted by molar-refractivity contribution is 9.10. The molecule has 1 N–H and O–H groups in total. The number of nitrogens with zero attached hydrogens (tertiary/aromatic N) is 1. The van der Waals surface area contributed by atoms with Crippen molar-refractivity contribution in [2.75, 3.05) is 10.5 Å². The second-order valence-corrected chi connectivity index (χ2v) is 6.17. The van der Waals surface area contributed by atoms with E-state index in [4.69, 9.17) is 0 Å². The lowest BCUT2D eigenvalue weighted by Crippen LogP contribution is -2.19. The van der Waals surface area contributed by atoms with Crippen LogP contribution in [-0.2, 0) is 10.0 Å². The van der Waals surface area contributed by atoms with Gasteiger partial charge in [-0.2, -0.15) is 13.2 Å². The molecule has 0 aliphatic rings. The molecule has 0 aliphatic heterocycles. The molecule has 0 spiro atoms. The molecule has 0 aliphatic carbocycles. The van der Waals surface area contributed by atoms with Gasteiger partial charge in [0, 0.05) is 12.6 Å². The van der Waals surface area contributed by atoms with Crippen molar-refractivity contribution >= 4 is 31.8 Å². The lowest BCUT2D eigenvalue weighted by molar-refractivity contribution is -0.134. The molecule has 0 bridgehead atoms. The summed E-state index contributed by atoms with van der Waals surface area (Å²) in [7, 11) is -3.82. The Labute approximate surface area is 111 Å². The number of aromatic nitrogens is 1. The third-order valence-corrected chi connectivity index (χ3v) is 3.85. The zero-order valence-corrected chi connectivity index (χ0v) is 11.4. The maximum atomic E-state index is 11.9. The van der Waals surface area contributed by atoms with E-state index in [1.54, 1.807) is 12.1 Å². The Morgan fingerprint density at radius 2 is 2.06 bits per heavy atom. The molecule has 9 heteroatoms. The highest BCUT2D eigenvalue weighted by Crippen LogP contribution is 2.23. The molecule has 4 nitrogen and oxygen atoms in total. The second-order valence-electron chi connectivity index (χ2n) is 3.47. The fraction of sp³-hybridized carbons (Fsp3) is 0.444. The maximum absolute atomic E-state index is 11.9. The molecule has 0 saturated heterocycles. The largest absolute Gasteiger partial charge is 0.389 e. The van der Waals surface area contributed by atoms with Crippen LogP contribution in [0.1, 0.15) is 12.8 Å². The molecule has 0 unspecified atom stereocenters. The smallest absolute Gasteiger partial charge is 0.266 e. The van der Waals surface area contributed by atoms with Crippen molar-refractivity contribution in [3.63, 3.8) is 0 Å². The molecule has 1 rings (SSSR count). The van der Waals surface area contributed by atoms with E-state index in [9.17, 15) is 21.6 Å².